The van der Waals surface area contributed by atoms with E-state index in [0.29, 0.717) is 11.2 Å². The Morgan fingerprint density at radius 3 is 2.81 bits per heavy atom. The topological polar surface area (TPSA) is 35.6 Å². The molecule has 0 fully saturated rings. The van der Waals surface area contributed by atoms with E-state index in [1.54, 1.807) is 10.9 Å². The largest absolute Gasteiger partial charge is 0.266 e. The summed E-state index contributed by atoms with van der Waals surface area (Å²) in [5.74, 6) is 0. The van der Waals surface area contributed by atoms with Crippen LogP contribution in [0.5, 0.6) is 0 Å². The smallest absolute Gasteiger partial charge is 0.128 e. The molecule has 0 spiro atoms. The summed E-state index contributed by atoms with van der Waals surface area (Å²) in [4.78, 5) is 0. The van der Waals surface area contributed by atoms with Crippen LogP contribution in [0.15, 0.2) is 18.3 Å². The quantitative estimate of drug-likeness (QED) is 0.824. The van der Waals surface area contributed by atoms with Gasteiger partial charge >= 0.3 is 0 Å². The van der Waals surface area contributed by atoms with E-state index in [0.717, 1.165) is 17.8 Å². The third kappa shape index (κ3) is 1.85. The zero-order valence-corrected chi connectivity index (χ0v) is 10.4. The van der Waals surface area contributed by atoms with E-state index in [4.69, 9.17) is 11.6 Å². The number of hydrogen-bond acceptors (Lipinski definition) is 2. The molecule has 2 heterocycles. The first-order chi connectivity index (χ1) is 7.63. The first kappa shape index (κ1) is 11.2. The Morgan fingerprint density at radius 2 is 2.25 bits per heavy atom. The van der Waals surface area contributed by atoms with Crippen LogP contribution in [-0.4, -0.2) is 19.6 Å². The molecule has 0 aliphatic rings. The Hall–Kier alpha value is -1.29. The van der Waals surface area contributed by atoms with Crippen molar-refractivity contribution in [1.29, 1.82) is 0 Å². The molecule has 2 aromatic rings. The molecule has 0 aliphatic carbocycles. The normalized spacial score (nSPS) is 13.0. The van der Waals surface area contributed by atoms with Gasteiger partial charge in [-0.25, -0.2) is 0 Å². The van der Waals surface area contributed by atoms with E-state index in [9.17, 15) is 0 Å². The molecule has 2 rings (SSSR count). The Morgan fingerprint density at radius 1 is 1.50 bits per heavy atom. The molecule has 0 saturated carbocycles. The summed E-state index contributed by atoms with van der Waals surface area (Å²) in [5.41, 5.74) is 1.84. The van der Waals surface area contributed by atoms with E-state index >= 15 is 0 Å². The molecule has 0 aliphatic heterocycles. The molecule has 0 bridgehead atoms. The van der Waals surface area contributed by atoms with Crippen LogP contribution < -0.4 is 0 Å². The Kier molecular flexibility index (Phi) is 3.01. The SMILES string of the molecule is CCC(C)n1nc(-c2ccnn2C)cc1Cl. The molecule has 0 radical (unpaired) electrons. The molecular formula is C11H15ClN4. The van der Waals surface area contributed by atoms with Gasteiger partial charge in [-0.3, -0.25) is 9.36 Å². The maximum absolute atomic E-state index is 6.16. The van der Waals surface area contributed by atoms with Crippen molar-refractivity contribution in [2.24, 2.45) is 7.05 Å². The highest BCUT2D eigenvalue weighted by Gasteiger charge is 2.13. The molecular weight excluding hydrogens is 224 g/mol. The number of aryl methyl sites for hydroxylation is 1. The number of aromatic nitrogens is 4. The lowest BCUT2D eigenvalue weighted by Crippen LogP contribution is -2.06. The second kappa shape index (κ2) is 4.29. The summed E-state index contributed by atoms with van der Waals surface area (Å²) in [6, 6.07) is 4.12. The molecule has 0 amide bonds. The Balaban J connectivity index is 2.42. The van der Waals surface area contributed by atoms with Gasteiger partial charge in [-0.1, -0.05) is 18.5 Å². The minimum atomic E-state index is 0.314. The monoisotopic (exact) mass is 238 g/mol. The van der Waals surface area contributed by atoms with Crippen molar-refractivity contribution in [1.82, 2.24) is 19.6 Å². The summed E-state index contributed by atoms with van der Waals surface area (Å²) in [7, 11) is 1.89. The molecule has 0 N–H and O–H groups in total. The van der Waals surface area contributed by atoms with Gasteiger partial charge in [0.05, 0.1) is 11.7 Å². The standard InChI is InChI=1S/C11H15ClN4/c1-4-8(2)16-11(12)7-9(14-16)10-5-6-13-15(10)3/h5-8H,4H2,1-3H3. The van der Waals surface area contributed by atoms with E-state index in [-0.39, 0.29) is 0 Å². The van der Waals surface area contributed by atoms with E-state index in [2.05, 4.69) is 24.0 Å². The lowest BCUT2D eigenvalue weighted by molar-refractivity contribution is 0.479. The fourth-order valence-electron chi connectivity index (χ4n) is 1.60. The highest BCUT2D eigenvalue weighted by Crippen LogP contribution is 2.24. The van der Waals surface area contributed by atoms with Gasteiger partial charge in [0.1, 0.15) is 10.8 Å². The number of nitrogens with zero attached hydrogens (tertiary/aromatic N) is 4. The van der Waals surface area contributed by atoms with Crippen LogP contribution >= 0.6 is 11.6 Å². The number of rotatable bonds is 3. The molecule has 16 heavy (non-hydrogen) atoms. The van der Waals surface area contributed by atoms with Crippen LogP contribution in [0.3, 0.4) is 0 Å². The van der Waals surface area contributed by atoms with Gasteiger partial charge in [-0.2, -0.15) is 10.2 Å². The van der Waals surface area contributed by atoms with E-state index in [1.807, 2.05) is 23.9 Å². The van der Waals surface area contributed by atoms with Crippen LogP contribution in [0, 0.1) is 0 Å². The molecule has 1 atom stereocenters. The fourth-order valence-corrected chi connectivity index (χ4v) is 1.91. The van der Waals surface area contributed by atoms with Gasteiger partial charge in [-0.05, 0) is 19.4 Å². The Labute approximate surface area is 99.8 Å². The van der Waals surface area contributed by atoms with Crippen LogP contribution in [0.2, 0.25) is 5.15 Å². The van der Waals surface area contributed by atoms with Crippen molar-refractivity contribution in [2.45, 2.75) is 26.3 Å². The fraction of sp³-hybridized carbons (Fsp3) is 0.455. The van der Waals surface area contributed by atoms with E-state index < -0.39 is 0 Å². The summed E-state index contributed by atoms with van der Waals surface area (Å²) in [5, 5.41) is 9.30. The second-order valence-electron chi connectivity index (χ2n) is 3.89. The van der Waals surface area contributed by atoms with Crippen molar-refractivity contribution in [3.8, 4) is 11.4 Å². The van der Waals surface area contributed by atoms with Crippen molar-refractivity contribution in [2.75, 3.05) is 0 Å². The first-order valence-electron chi connectivity index (χ1n) is 5.37. The molecule has 0 aromatic carbocycles. The second-order valence-corrected chi connectivity index (χ2v) is 4.28. The molecule has 5 heteroatoms. The molecule has 2 aromatic heterocycles. The van der Waals surface area contributed by atoms with Gasteiger partial charge in [-0.15, -0.1) is 0 Å². The van der Waals surface area contributed by atoms with Crippen LogP contribution in [-0.2, 0) is 7.05 Å². The van der Waals surface area contributed by atoms with Gasteiger partial charge < -0.3 is 0 Å². The average Bonchev–Trinajstić information content (AvgIpc) is 2.83. The van der Waals surface area contributed by atoms with Crippen LogP contribution in [0.4, 0.5) is 0 Å². The third-order valence-corrected chi connectivity index (χ3v) is 3.06. The molecule has 1 unspecified atom stereocenters. The number of halogens is 1. The first-order valence-corrected chi connectivity index (χ1v) is 5.74. The predicted molar refractivity (Wildman–Crippen MR) is 64.4 cm³/mol. The maximum Gasteiger partial charge on any atom is 0.128 e. The van der Waals surface area contributed by atoms with Gasteiger partial charge in [0, 0.05) is 19.3 Å². The summed E-state index contributed by atoms with van der Waals surface area (Å²) in [6.45, 7) is 4.22. The summed E-state index contributed by atoms with van der Waals surface area (Å²) >= 11 is 6.16. The van der Waals surface area contributed by atoms with Gasteiger partial charge in [0.15, 0.2) is 0 Å². The van der Waals surface area contributed by atoms with Crippen molar-refractivity contribution < 1.29 is 0 Å². The van der Waals surface area contributed by atoms with Crippen molar-refractivity contribution in [3.63, 3.8) is 0 Å². The van der Waals surface area contributed by atoms with E-state index in [1.165, 1.54) is 0 Å². The maximum atomic E-state index is 6.16. The lowest BCUT2D eigenvalue weighted by atomic mass is 10.3. The Bertz CT molecular complexity index is 486. The molecule has 4 nitrogen and oxygen atoms in total. The minimum Gasteiger partial charge on any atom is -0.266 e. The molecule has 86 valence electrons. The highest BCUT2D eigenvalue weighted by molar-refractivity contribution is 6.29. The minimum absolute atomic E-state index is 0.314. The average molecular weight is 239 g/mol. The van der Waals surface area contributed by atoms with Gasteiger partial charge in [0.2, 0.25) is 0 Å². The lowest BCUT2D eigenvalue weighted by Gasteiger charge is -2.09. The van der Waals surface area contributed by atoms with Crippen molar-refractivity contribution in [3.05, 3.63) is 23.5 Å². The van der Waals surface area contributed by atoms with Crippen molar-refractivity contribution >= 4 is 11.6 Å². The summed E-state index contributed by atoms with van der Waals surface area (Å²) < 4.78 is 3.64. The third-order valence-electron chi connectivity index (χ3n) is 2.78. The predicted octanol–water partition coefficient (Wildman–Crippen LogP) is 2.91. The molecule has 0 saturated heterocycles. The van der Waals surface area contributed by atoms with Gasteiger partial charge in [0.25, 0.3) is 0 Å². The highest BCUT2D eigenvalue weighted by atomic mass is 35.5. The van der Waals surface area contributed by atoms with Crippen LogP contribution in [0.25, 0.3) is 11.4 Å². The van der Waals surface area contributed by atoms with Crippen LogP contribution in [0.1, 0.15) is 26.3 Å². The zero-order chi connectivity index (χ0) is 11.7. The number of hydrogen-bond donors (Lipinski definition) is 0. The summed E-state index contributed by atoms with van der Waals surface area (Å²) in [6.07, 6.45) is 2.76. The zero-order valence-electron chi connectivity index (χ0n) is 9.68.